The number of hydrogen-bond donors (Lipinski definition) is 1. The number of anilines is 1. The Hall–Kier alpha value is -2.66. The lowest BCUT2D eigenvalue weighted by atomic mass is 9.94. The van der Waals surface area contributed by atoms with E-state index < -0.39 is 6.04 Å². The summed E-state index contributed by atoms with van der Waals surface area (Å²) in [6, 6.07) is 15.4. The first-order valence-corrected chi connectivity index (χ1v) is 10.3. The molecule has 0 spiro atoms. The molecule has 29 heavy (non-hydrogen) atoms. The van der Waals surface area contributed by atoms with Crippen LogP contribution in [0.4, 0.5) is 5.69 Å². The highest BCUT2D eigenvalue weighted by molar-refractivity contribution is 5.96. The lowest BCUT2D eigenvalue weighted by Crippen LogP contribution is -2.45. The molecule has 1 aliphatic rings. The van der Waals surface area contributed by atoms with Gasteiger partial charge in [0.1, 0.15) is 6.04 Å². The summed E-state index contributed by atoms with van der Waals surface area (Å²) in [6.45, 7) is 7.50. The third-order valence-corrected chi connectivity index (χ3v) is 5.45. The van der Waals surface area contributed by atoms with Gasteiger partial charge in [-0.25, -0.2) is 0 Å². The molecule has 0 aliphatic carbocycles. The number of esters is 1. The molecule has 0 saturated carbocycles. The fraction of sp³-hybridized carbons (Fsp3) is 0.417. The molecule has 2 atom stereocenters. The Morgan fingerprint density at radius 1 is 1.17 bits per heavy atom. The van der Waals surface area contributed by atoms with E-state index in [1.807, 2.05) is 69.3 Å². The lowest BCUT2D eigenvalue weighted by molar-refractivity contribution is -0.151. The smallest absolute Gasteiger partial charge is 0.310 e. The Kier molecular flexibility index (Phi) is 7.04. The number of benzene rings is 2. The molecule has 154 valence electrons. The number of rotatable bonds is 6. The number of aryl methyl sites for hydroxylation is 2. The Bertz CT molecular complexity index is 850. The number of likely N-dealkylation sites (tertiary alicyclic amines) is 1. The highest BCUT2D eigenvalue weighted by Crippen LogP contribution is 2.29. The standard InChI is InChI=1S/C24H30N2O3/c1-4-29-24(28)20-11-8-14-26(16-20)22(19-9-6-5-7-10-19)23(27)25-21-15-17(2)12-13-18(21)3/h5-7,9-10,12-13,15,20,22H,4,8,11,14,16H2,1-3H3,(H,25,27)/t20-,22+/m1/s1. The summed E-state index contributed by atoms with van der Waals surface area (Å²) in [6.07, 6.45) is 1.67. The van der Waals surface area contributed by atoms with Crippen LogP contribution in [0.25, 0.3) is 0 Å². The Balaban J connectivity index is 1.86. The summed E-state index contributed by atoms with van der Waals surface area (Å²) in [4.78, 5) is 27.8. The second-order valence-corrected chi connectivity index (χ2v) is 7.71. The molecule has 5 nitrogen and oxygen atoms in total. The minimum Gasteiger partial charge on any atom is -0.466 e. The van der Waals surface area contributed by atoms with Gasteiger partial charge in [0.05, 0.1) is 12.5 Å². The van der Waals surface area contributed by atoms with Gasteiger partial charge < -0.3 is 10.1 Å². The normalized spacial score (nSPS) is 18.1. The lowest BCUT2D eigenvalue weighted by Gasteiger charge is -2.37. The van der Waals surface area contributed by atoms with Crippen LogP contribution in [0.3, 0.4) is 0 Å². The van der Waals surface area contributed by atoms with Crippen molar-refractivity contribution in [1.29, 1.82) is 0 Å². The zero-order chi connectivity index (χ0) is 20.8. The Labute approximate surface area is 173 Å². The van der Waals surface area contributed by atoms with Gasteiger partial charge in [0, 0.05) is 12.2 Å². The van der Waals surface area contributed by atoms with Crippen LogP contribution >= 0.6 is 0 Å². The van der Waals surface area contributed by atoms with Gasteiger partial charge in [-0.3, -0.25) is 14.5 Å². The quantitative estimate of drug-likeness (QED) is 0.744. The van der Waals surface area contributed by atoms with E-state index in [1.54, 1.807) is 0 Å². The molecular weight excluding hydrogens is 364 g/mol. The first-order valence-electron chi connectivity index (χ1n) is 10.3. The number of hydrogen-bond acceptors (Lipinski definition) is 4. The maximum absolute atomic E-state index is 13.4. The molecular formula is C24H30N2O3. The van der Waals surface area contributed by atoms with Crippen LogP contribution < -0.4 is 5.32 Å². The zero-order valence-corrected chi connectivity index (χ0v) is 17.5. The predicted octanol–water partition coefficient (Wildman–Crippen LogP) is 4.26. The number of carbonyl (C=O) groups excluding carboxylic acids is 2. The molecule has 0 radical (unpaired) electrons. The molecule has 1 aliphatic heterocycles. The summed E-state index contributed by atoms with van der Waals surface area (Å²) in [5.74, 6) is -0.434. The van der Waals surface area contributed by atoms with Crippen molar-refractivity contribution in [3.8, 4) is 0 Å². The van der Waals surface area contributed by atoms with E-state index in [1.165, 1.54) is 0 Å². The molecule has 0 aromatic heterocycles. The number of nitrogens with one attached hydrogen (secondary N) is 1. The van der Waals surface area contributed by atoms with Crippen molar-refractivity contribution >= 4 is 17.6 Å². The molecule has 1 heterocycles. The molecule has 2 aromatic rings. The average Bonchev–Trinajstić information content (AvgIpc) is 2.72. The van der Waals surface area contributed by atoms with Crippen LogP contribution in [0.15, 0.2) is 48.5 Å². The Morgan fingerprint density at radius 2 is 1.93 bits per heavy atom. The number of carbonyl (C=O) groups is 2. The maximum atomic E-state index is 13.4. The van der Waals surface area contributed by atoms with Crippen LogP contribution in [0.2, 0.25) is 0 Å². The predicted molar refractivity (Wildman–Crippen MR) is 115 cm³/mol. The van der Waals surface area contributed by atoms with Gasteiger partial charge in [-0.1, -0.05) is 42.5 Å². The minimum absolute atomic E-state index is 0.0746. The van der Waals surface area contributed by atoms with E-state index in [2.05, 4.69) is 10.2 Å². The highest BCUT2D eigenvalue weighted by Gasteiger charge is 2.34. The molecule has 0 bridgehead atoms. The third kappa shape index (κ3) is 5.24. The van der Waals surface area contributed by atoms with E-state index >= 15 is 0 Å². The topological polar surface area (TPSA) is 58.6 Å². The van der Waals surface area contributed by atoms with E-state index in [4.69, 9.17) is 4.74 Å². The SMILES string of the molecule is CCOC(=O)[C@@H]1CCCN([C@H](C(=O)Nc2cc(C)ccc2C)c2ccccc2)C1. The first-order chi connectivity index (χ1) is 14.0. The minimum atomic E-state index is -0.451. The summed E-state index contributed by atoms with van der Waals surface area (Å²) in [5.41, 5.74) is 3.89. The number of ether oxygens (including phenoxy) is 1. The van der Waals surface area contributed by atoms with Gasteiger partial charge in [-0.15, -0.1) is 0 Å². The van der Waals surface area contributed by atoms with Gasteiger partial charge in [-0.05, 0) is 62.9 Å². The summed E-state index contributed by atoms with van der Waals surface area (Å²) >= 11 is 0. The van der Waals surface area contributed by atoms with E-state index in [0.29, 0.717) is 13.2 Å². The molecule has 2 aromatic carbocycles. The number of nitrogens with zero attached hydrogens (tertiary/aromatic N) is 1. The fourth-order valence-electron chi connectivity index (χ4n) is 3.93. The molecule has 1 saturated heterocycles. The monoisotopic (exact) mass is 394 g/mol. The van der Waals surface area contributed by atoms with Crippen LogP contribution in [0.5, 0.6) is 0 Å². The average molecular weight is 395 g/mol. The molecule has 3 rings (SSSR count). The van der Waals surface area contributed by atoms with Crippen molar-refractivity contribution in [2.45, 2.75) is 39.7 Å². The van der Waals surface area contributed by atoms with Crippen molar-refractivity contribution in [2.75, 3.05) is 25.0 Å². The molecule has 0 unspecified atom stereocenters. The van der Waals surface area contributed by atoms with E-state index in [9.17, 15) is 9.59 Å². The van der Waals surface area contributed by atoms with Crippen LogP contribution in [0.1, 0.15) is 42.5 Å². The molecule has 1 fully saturated rings. The van der Waals surface area contributed by atoms with Gasteiger partial charge in [-0.2, -0.15) is 0 Å². The molecule has 1 N–H and O–H groups in total. The second kappa shape index (κ2) is 9.70. The van der Waals surface area contributed by atoms with Crippen molar-refractivity contribution in [3.63, 3.8) is 0 Å². The summed E-state index contributed by atoms with van der Waals surface area (Å²) < 4.78 is 5.23. The summed E-state index contributed by atoms with van der Waals surface area (Å²) in [5, 5.41) is 3.12. The first kappa shape index (κ1) is 21.1. The second-order valence-electron chi connectivity index (χ2n) is 7.71. The largest absolute Gasteiger partial charge is 0.466 e. The van der Waals surface area contributed by atoms with Gasteiger partial charge in [0.15, 0.2) is 0 Å². The van der Waals surface area contributed by atoms with E-state index in [-0.39, 0.29) is 17.8 Å². The Morgan fingerprint density at radius 3 is 2.66 bits per heavy atom. The van der Waals surface area contributed by atoms with Crippen molar-refractivity contribution in [2.24, 2.45) is 5.92 Å². The molecule has 5 heteroatoms. The number of piperidine rings is 1. The zero-order valence-electron chi connectivity index (χ0n) is 17.5. The summed E-state index contributed by atoms with van der Waals surface area (Å²) in [7, 11) is 0. The molecule has 1 amide bonds. The van der Waals surface area contributed by atoms with Crippen molar-refractivity contribution in [3.05, 3.63) is 65.2 Å². The fourth-order valence-corrected chi connectivity index (χ4v) is 3.93. The van der Waals surface area contributed by atoms with Crippen LogP contribution in [0, 0.1) is 19.8 Å². The van der Waals surface area contributed by atoms with Gasteiger partial charge >= 0.3 is 5.97 Å². The van der Waals surface area contributed by atoms with Crippen molar-refractivity contribution in [1.82, 2.24) is 4.90 Å². The highest BCUT2D eigenvalue weighted by atomic mass is 16.5. The van der Waals surface area contributed by atoms with Crippen molar-refractivity contribution < 1.29 is 14.3 Å². The van der Waals surface area contributed by atoms with Gasteiger partial charge in [0.25, 0.3) is 0 Å². The maximum Gasteiger partial charge on any atom is 0.310 e. The van der Waals surface area contributed by atoms with E-state index in [0.717, 1.165) is 41.8 Å². The third-order valence-electron chi connectivity index (χ3n) is 5.45. The van der Waals surface area contributed by atoms with Crippen LogP contribution in [-0.2, 0) is 14.3 Å². The van der Waals surface area contributed by atoms with Crippen LogP contribution in [-0.4, -0.2) is 36.5 Å². The van der Waals surface area contributed by atoms with Gasteiger partial charge in [0.2, 0.25) is 5.91 Å². The number of amides is 1.